The molecule has 0 aliphatic heterocycles. The van der Waals surface area contributed by atoms with Crippen LogP contribution in [-0.4, -0.2) is 34.9 Å². The first-order valence-electron chi connectivity index (χ1n) is 8.96. The lowest BCUT2D eigenvalue weighted by Crippen LogP contribution is -2.41. The Morgan fingerprint density at radius 1 is 1.14 bits per heavy atom. The molecule has 2 aromatic heterocycles. The number of carbonyl (C=O) groups is 1. The predicted octanol–water partition coefficient (Wildman–Crippen LogP) is 2.43. The van der Waals surface area contributed by atoms with Gasteiger partial charge in [0.2, 0.25) is 11.8 Å². The highest BCUT2D eigenvalue weighted by molar-refractivity contribution is 5.94. The first-order valence-corrected chi connectivity index (χ1v) is 8.96. The summed E-state index contributed by atoms with van der Waals surface area (Å²) in [6.45, 7) is 3.03. The van der Waals surface area contributed by atoms with Gasteiger partial charge in [0.25, 0.3) is 0 Å². The first-order chi connectivity index (χ1) is 13.7. The molecule has 8 nitrogen and oxygen atoms in total. The summed E-state index contributed by atoms with van der Waals surface area (Å²) in [5.41, 5.74) is 2.26. The van der Waals surface area contributed by atoms with Gasteiger partial charge in [0.1, 0.15) is 12.0 Å². The van der Waals surface area contributed by atoms with Gasteiger partial charge in [0.05, 0.1) is 25.0 Å². The molecule has 0 bridgehead atoms. The van der Waals surface area contributed by atoms with E-state index in [9.17, 15) is 4.79 Å². The van der Waals surface area contributed by atoms with Crippen LogP contribution in [0, 0.1) is 0 Å². The van der Waals surface area contributed by atoms with Crippen LogP contribution in [0.15, 0.2) is 70.5 Å². The summed E-state index contributed by atoms with van der Waals surface area (Å²) >= 11 is 0. The molecule has 0 aliphatic carbocycles. The van der Waals surface area contributed by atoms with Crippen LogP contribution in [0.2, 0.25) is 0 Å². The third-order valence-corrected chi connectivity index (χ3v) is 3.68. The van der Waals surface area contributed by atoms with Crippen molar-refractivity contribution >= 4 is 17.6 Å². The van der Waals surface area contributed by atoms with E-state index >= 15 is 0 Å². The Bertz CT molecular complexity index is 909. The summed E-state index contributed by atoms with van der Waals surface area (Å²) in [7, 11) is 0. The lowest BCUT2D eigenvalue weighted by atomic mass is 10.2. The van der Waals surface area contributed by atoms with Crippen molar-refractivity contribution < 1.29 is 9.21 Å². The summed E-state index contributed by atoms with van der Waals surface area (Å²) in [5.74, 6) is 0.888. The van der Waals surface area contributed by atoms with Crippen LogP contribution in [0.25, 0.3) is 11.5 Å². The van der Waals surface area contributed by atoms with E-state index in [1.165, 1.54) is 0 Å². The number of guanidine groups is 1. The molecule has 0 saturated carbocycles. The Balaban J connectivity index is 1.55. The average Bonchev–Trinajstić information content (AvgIpc) is 3.20. The van der Waals surface area contributed by atoms with E-state index in [4.69, 9.17) is 4.42 Å². The van der Waals surface area contributed by atoms with Crippen LogP contribution in [0.1, 0.15) is 12.6 Å². The van der Waals surface area contributed by atoms with Crippen molar-refractivity contribution in [1.82, 2.24) is 20.6 Å². The zero-order chi connectivity index (χ0) is 19.6. The van der Waals surface area contributed by atoms with Crippen LogP contribution in [0.4, 0.5) is 5.69 Å². The van der Waals surface area contributed by atoms with Crippen molar-refractivity contribution in [2.75, 3.05) is 18.4 Å². The summed E-state index contributed by atoms with van der Waals surface area (Å²) in [5, 5.41) is 8.86. The van der Waals surface area contributed by atoms with Gasteiger partial charge in [-0.15, -0.1) is 0 Å². The molecule has 0 saturated heterocycles. The van der Waals surface area contributed by atoms with E-state index in [0.717, 1.165) is 5.56 Å². The van der Waals surface area contributed by atoms with E-state index in [1.807, 2.05) is 37.3 Å². The van der Waals surface area contributed by atoms with Gasteiger partial charge in [-0.1, -0.05) is 18.2 Å². The van der Waals surface area contributed by atoms with Gasteiger partial charge in [-0.2, -0.15) is 0 Å². The number of carbonyl (C=O) groups excluding carboxylic acids is 1. The normalized spacial score (nSPS) is 11.1. The van der Waals surface area contributed by atoms with E-state index in [0.29, 0.717) is 36.3 Å². The first kappa shape index (κ1) is 19.1. The van der Waals surface area contributed by atoms with E-state index in [1.54, 1.807) is 30.8 Å². The maximum atomic E-state index is 12.0. The number of rotatable bonds is 7. The highest BCUT2D eigenvalue weighted by Gasteiger charge is 2.07. The smallest absolute Gasteiger partial charge is 0.243 e. The van der Waals surface area contributed by atoms with Gasteiger partial charge in [-0.25, -0.2) is 9.98 Å². The number of pyridine rings is 1. The summed E-state index contributed by atoms with van der Waals surface area (Å²) in [6, 6.07) is 13.2. The molecule has 28 heavy (non-hydrogen) atoms. The standard InChI is InChI=1S/C20H22N6O2/c1-2-22-20(24-13-18(27)25-16-9-6-10-21-11-16)23-12-17-14-28-19(26-17)15-7-4-3-5-8-15/h3-11,14H,2,12-13H2,1H3,(H,25,27)(H2,22,23,24). The van der Waals surface area contributed by atoms with Gasteiger partial charge >= 0.3 is 0 Å². The molecule has 0 unspecified atom stereocenters. The highest BCUT2D eigenvalue weighted by atomic mass is 16.3. The Kier molecular flexibility index (Phi) is 6.73. The Morgan fingerprint density at radius 3 is 2.75 bits per heavy atom. The number of aromatic nitrogens is 2. The van der Waals surface area contributed by atoms with Gasteiger partial charge in [0.15, 0.2) is 5.96 Å². The van der Waals surface area contributed by atoms with Gasteiger partial charge in [0, 0.05) is 18.3 Å². The highest BCUT2D eigenvalue weighted by Crippen LogP contribution is 2.18. The molecular weight excluding hydrogens is 356 g/mol. The van der Waals surface area contributed by atoms with Crippen LogP contribution in [0.3, 0.4) is 0 Å². The number of benzene rings is 1. The van der Waals surface area contributed by atoms with E-state index < -0.39 is 0 Å². The largest absolute Gasteiger partial charge is 0.444 e. The third kappa shape index (κ3) is 5.66. The second-order valence-electron chi connectivity index (χ2n) is 5.85. The van der Waals surface area contributed by atoms with Crippen LogP contribution >= 0.6 is 0 Å². The maximum absolute atomic E-state index is 12.0. The Hall–Kier alpha value is -3.68. The summed E-state index contributed by atoms with van der Waals surface area (Å²) in [4.78, 5) is 24.9. The molecule has 0 radical (unpaired) electrons. The number of nitrogens with one attached hydrogen (secondary N) is 3. The average molecular weight is 378 g/mol. The zero-order valence-electron chi connectivity index (χ0n) is 15.6. The van der Waals surface area contributed by atoms with E-state index in [-0.39, 0.29) is 12.5 Å². The van der Waals surface area contributed by atoms with Crippen molar-refractivity contribution in [3.63, 3.8) is 0 Å². The molecular formula is C20H22N6O2. The number of hydrogen-bond acceptors (Lipinski definition) is 5. The number of oxazole rings is 1. The fourth-order valence-corrected chi connectivity index (χ4v) is 2.40. The third-order valence-electron chi connectivity index (χ3n) is 3.68. The second-order valence-corrected chi connectivity index (χ2v) is 5.85. The molecule has 144 valence electrons. The number of amides is 1. The van der Waals surface area contributed by atoms with Crippen LogP contribution < -0.4 is 16.0 Å². The number of anilines is 1. The fourth-order valence-electron chi connectivity index (χ4n) is 2.40. The zero-order valence-corrected chi connectivity index (χ0v) is 15.6. The minimum atomic E-state index is -0.189. The molecule has 0 atom stereocenters. The molecule has 0 fully saturated rings. The molecule has 0 spiro atoms. The number of aliphatic imine (C=N–C) groups is 1. The van der Waals surface area contributed by atoms with Gasteiger partial charge in [-0.3, -0.25) is 9.78 Å². The molecule has 8 heteroatoms. The second kappa shape index (κ2) is 9.86. The minimum absolute atomic E-state index is 0.0782. The molecule has 3 N–H and O–H groups in total. The van der Waals surface area contributed by atoms with Gasteiger partial charge < -0.3 is 20.4 Å². The van der Waals surface area contributed by atoms with Crippen molar-refractivity contribution in [2.45, 2.75) is 13.5 Å². The van der Waals surface area contributed by atoms with Crippen molar-refractivity contribution in [3.05, 3.63) is 66.8 Å². The molecule has 1 amide bonds. The minimum Gasteiger partial charge on any atom is -0.444 e. The topological polar surface area (TPSA) is 104 Å². The number of hydrogen-bond donors (Lipinski definition) is 3. The monoisotopic (exact) mass is 378 g/mol. The van der Waals surface area contributed by atoms with Crippen molar-refractivity contribution in [1.29, 1.82) is 0 Å². The molecule has 1 aromatic carbocycles. The Labute approximate surface area is 163 Å². The summed E-state index contributed by atoms with van der Waals surface area (Å²) in [6.07, 6.45) is 4.83. The lowest BCUT2D eigenvalue weighted by Gasteiger charge is -2.11. The predicted molar refractivity (Wildman–Crippen MR) is 108 cm³/mol. The number of nitrogens with zero attached hydrogens (tertiary/aromatic N) is 3. The Morgan fingerprint density at radius 2 is 2.00 bits per heavy atom. The van der Waals surface area contributed by atoms with Crippen LogP contribution in [0.5, 0.6) is 0 Å². The van der Waals surface area contributed by atoms with Crippen molar-refractivity contribution in [3.8, 4) is 11.5 Å². The SMILES string of the molecule is CCNC(=NCc1coc(-c2ccccc2)n1)NCC(=O)Nc1cccnc1. The lowest BCUT2D eigenvalue weighted by molar-refractivity contribution is -0.115. The van der Waals surface area contributed by atoms with Crippen molar-refractivity contribution in [2.24, 2.45) is 4.99 Å². The maximum Gasteiger partial charge on any atom is 0.243 e. The van der Waals surface area contributed by atoms with Gasteiger partial charge in [-0.05, 0) is 31.2 Å². The molecule has 2 heterocycles. The molecule has 0 aliphatic rings. The van der Waals surface area contributed by atoms with E-state index in [2.05, 4.69) is 30.9 Å². The molecule has 3 aromatic rings. The van der Waals surface area contributed by atoms with Crippen LogP contribution in [-0.2, 0) is 11.3 Å². The fraction of sp³-hybridized carbons (Fsp3) is 0.200. The molecule has 3 rings (SSSR count). The summed E-state index contributed by atoms with van der Waals surface area (Å²) < 4.78 is 5.52. The quantitative estimate of drug-likeness (QED) is 0.431.